The monoisotopic (exact) mass is 215 g/mol. The molecular formula is C11H13N5. The highest BCUT2D eigenvalue weighted by molar-refractivity contribution is 5.03. The maximum Gasteiger partial charge on any atom is 0.115 e. The van der Waals surface area contributed by atoms with Crippen LogP contribution >= 0.6 is 0 Å². The predicted molar refractivity (Wildman–Crippen MR) is 59.3 cm³/mol. The SMILES string of the molecule is Cc1cnc(CNCc2cncnc2)cn1. The fraction of sp³-hybridized carbons (Fsp3) is 0.273. The molecule has 5 nitrogen and oxygen atoms in total. The summed E-state index contributed by atoms with van der Waals surface area (Å²) in [6.45, 7) is 3.35. The van der Waals surface area contributed by atoms with E-state index in [1.807, 2.05) is 6.92 Å². The molecule has 0 saturated heterocycles. The van der Waals surface area contributed by atoms with Gasteiger partial charge in [-0.3, -0.25) is 9.97 Å². The van der Waals surface area contributed by atoms with Crippen molar-refractivity contribution in [1.82, 2.24) is 25.3 Å². The second kappa shape index (κ2) is 5.27. The summed E-state index contributed by atoms with van der Waals surface area (Å²) < 4.78 is 0. The molecule has 16 heavy (non-hydrogen) atoms. The van der Waals surface area contributed by atoms with Crippen molar-refractivity contribution in [2.24, 2.45) is 0 Å². The van der Waals surface area contributed by atoms with E-state index in [0.717, 1.165) is 23.5 Å². The van der Waals surface area contributed by atoms with Crippen molar-refractivity contribution in [1.29, 1.82) is 0 Å². The van der Waals surface area contributed by atoms with Gasteiger partial charge >= 0.3 is 0 Å². The summed E-state index contributed by atoms with van der Waals surface area (Å²) in [5.41, 5.74) is 2.92. The summed E-state index contributed by atoms with van der Waals surface area (Å²) in [6.07, 6.45) is 8.66. The number of hydrogen-bond donors (Lipinski definition) is 1. The molecule has 0 saturated carbocycles. The molecule has 1 N–H and O–H groups in total. The second-order valence-electron chi connectivity index (χ2n) is 3.50. The van der Waals surface area contributed by atoms with Crippen molar-refractivity contribution in [3.05, 3.63) is 48.1 Å². The van der Waals surface area contributed by atoms with Crippen molar-refractivity contribution < 1.29 is 0 Å². The summed E-state index contributed by atoms with van der Waals surface area (Å²) in [7, 11) is 0. The average Bonchev–Trinajstić information content (AvgIpc) is 2.33. The van der Waals surface area contributed by atoms with Gasteiger partial charge in [-0.15, -0.1) is 0 Å². The standard InChI is InChI=1S/C11H13N5/c1-9-2-16-11(7-15-9)6-12-3-10-4-13-8-14-5-10/h2,4-5,7-8,12H,3,6H2,1H3. The van der Waals surface area contributed by atoms with Crippen molar-refractivity contribution >= 4 is 0 Å². The average molecular weight is 215 g/mol. The third-order valence-corrected chi connectivity index (χ3v) is 2.08. The number of aromatic nitrogens is 4. The Hall–Kier alpha value is -1.88. The minimum absolute atomic E-state index is 0.697. The normalized spacial score (nSPS) is 10.3. The van der Waals surface area contributed by atoms with Crippen molar-refractivity contribution in [3.8, 4) is 0 Å². The quantitative estimate of drug-likeness (QED) is 0.819. The van der Waals surface area contributed by atoms with E-state index >= 15 is 0 Å². The van der Waals surface area contributed by atoms with Crippen LogP contribution in [0.3, 0.4) is 0 Å². The maximum atomic E-state index is 4.25. The Bertz CT molecular complexity index is 426. The highest BCUT2D eigenvalue weighted by atomic mass is 14.9. The molecule has 5 heteroatoms. The van der Waals surface area contributed by atoms with E-state index in [1.54, 1.807) is 24.8 Å². The van der Waals surface area contributed by atoms with Crippen LogP contribution in [0, 0.1) is 6.92 Å². The van der Waals surface area contributed by atoms with Crippen LogP contribution < -0.4 is 5.32 Å². The summed E-state index contributed by atoms with van der Waals surface area (Å²) in [5, 5.41) is 3.25. The number of nitrogens with zero attached hydrogens (tertiary/aromatic N) is 4. The van der Waals surface area contributed by atoms with E-state index in [9.17, 15) is 0 Å². The molecule has 2 aromatic rings. The molecule has 0 atom stereocenters. The fourth-order valence-corrected chi connectivity index (χ4v) is 1.27. The molecule has 0 bridgehead atoms. The first-order valence-electron chi connectivity index (χ1n) is 5.07. The van der Waals surface area contributed by atoms with E-state index in [2.05, 4.69) is 25.3 Å². The number of nitrogens with one attached hydrogen (secondary N) is 1. The number of aryl methyl sites for hydroxylation is 1. The van der Waals surface area contributed by atoms with Gasteiger partial charge in [0, 0.05) is 43.4 Å². The molecular weight excluding hydrogens is 202 g/mol. The van der Waals surface area contributed by atoms with Crippen molar-refractivity contribution in [2.45, 2.75) is 20.0 Å². The van der Waals surface area contributed by atoms with Gasteiger partial charge in [-0.2, -0.15) is 0 Å². The lowest BCUT2D eigenvalue weighted by molar-refractivity contribution is 0.672. The predicted octanol–water partition coefficient (Wildman–Crippen LogP) is 0.865. The summed E-state index contributed by atoms with van der Waals surface area (Å²) in [4.78, 5) is 16.3. The molecule has 0 aliphatic heterocycles. The molecule has 0 fully saturated rings. The van der Waals surface area contributed by atoms with Crippen LogP contribution in [0.1, 0.15) is 17.0 Å². The van der Waals surface area contributed by atoms with Gasteiger partial charge in [0.2, 0.25) is 0 Å². The lowest BCUT2D eigenvalue weighted by atomic mass is 10.3. The fourth-order valence-electron chi connectivity index (χ4n) is 1.27. The van der Waals surface area contributed by atoms with Crippen LogP contribution in [0.15, 0.2) is 31.1 Å². The highest BCUT2D eigenvalue weighted by Crippen LogP contribution is 1.96. The molecule has 2 aromatic heterocycles. The molecule has 0 amide bonds. The lowest BCUT2D eigenvalue weighted by Gasteiger charge is -2.03. The van der Waals surface area contributed by atoms with Gasteiger partial charge in [0.25, 0.3) is 0 Å². The van der Waals surface area contributed by atoms with Crippen LogP contribution in [-0.4, -0.2) is 19.9 Å². The molecule has 0 aliphatic carbocycles. The molecule has 0 aliphatic rings. The highest BCUT2D eigenvalue weighted by Gasteiger charge is 1.96. The zero-order chi connectivity index (χ0) is 11.2. The van der Waals surface area contributed by atoms with Gasteiger partial charge in [0.1, 0.15) is 6.33 Å². The molecule has 0 aromatic carbocycles. The first-order valence-corrected chi connectivity index (χ1v) is 5.07. The minimum atomic E-state index is 0.697. The molecule has 0 unspecified atom stereocenters. The molecule has 2 rings (SSSR count). The molecule has 2 heterocycles. The number of rotatable bonds is 4. The van der Waals surface area contributed by atoms with Gasteiger partial charge < -0.3 is 5.32 Å². The Morgan fingerprint density at radius 1 is 1.00 bits per heavy atom. The molecule has 0 spiro atoms. The lowest BCUT2D eigenvalue weighted by Crippen LogP contribution is -2.14. The van der Waals surface area contributed by atoms with E-state index in [1.165, 1.54) is 6.33 Å². The van der Waals surface area contributed by atoms with Crippen LogP contribution in [0.5, 0.6) is 0 Å². The third-order valence-electron chi connectivity index (χ3n) is 2.08. The smallest absolute Gasteiger partial charge is 0.115 e. The third kappa shape index (κ3) is 3.06. The maximum absolute atomic E-state index is 4.25. The Balaban J connectivity index is 1.82. The number of hydrogen-bond acceptors (Lipinski definition) is 5. The van der Waals surface area contributed by atoms with Crippen molar-refractivity contribution in [2.75, 3.05) is 0 Å². The van der Waals surface area contributed by atoms with Gasteiger partial charge in [-0.1, -0.05) is 0 Å². The zero-order valence-electron chi connectivity index (χ0n) is 9.09. The van der Waals surface area contributed by atoms with Crippen LogP contribution in [0.2, 0.25) is 0 Å². The van der Waals surface area contributed by atoms with Gasteiger partial charge in [0.15, 0.2) is 0 Å². The topological polar surface area (TPSA) is 63.6 Å². The Labute approximate surface area is 94.0 Å². The summed E-state index contributed by atoms with van der Waals surface area (Å²) in [6, 6.07) is 0. The van der Waals surface area contributed by atoms with E-state index < -0.39 is 0 Å². The second-order valence-corrected chi connectivity index (χ2v) is 3.50. The van der Waals surface area contributed by atoms with Crippen LogP contribution in [0.4, 0.5) is 0 Å². The Morgan fingerprint density at radius 3 is 2.50 bits per heavy atom. The van der Waals surface area contributed by atoms with Crippen LogP contribution in [0.25, 0.3) is 0 Å². The summed E-state index contributed by atoms with van der Waals surface area (Å²) in [5.74, 6) is 0. The summed E-state index contributed by atoms with van der Waals surface area (Å²) >= 11 is 0. The largest absolute Gasteiger partial charge is 0.307 e. The first-order chi connectivity index (χ1) is 7.84. The zero-order valence-corrected chi connectivity index (χ0v) is 9.09. The minimum Gasteiger partial charge on any atom is -0.307 e. The molecule has 0 radical (unpaired) electrons. The Morgan fingerprint density at radius 2 is 1.81 bits per heavy atom. The van der Waals surface area contributed by atoms with Crippen LogP contribution in [-0.2, 0) is 13.1 Å². The first kappa shape index (κ1) is 10.6. The Kier molecular flexibility index (Phi) is 3.50. The van der Waals surface area contributed by atoms with Gasteiger partial charge in [0.05, 0.1) is 11.4 Å². The van der Waals surface area contributed by atoms with Gasteiger partial charge in [-0.05, 0) is 6.92 Å². The van der Waals surface area contributed by atoms with Crippen molar-refractivity contribution in [3.63, 3.8) is 0 Å². The van der Waals surface area contributed by atoms with E-state index in [-0.39, 0.29) is 0 Å². The molecule has 82 valence electrons. The van der Waals surface area contributed by atoms with E-state index in [0.29, 0.717) is 6.54 Å². The van der Waals surface area contributed by atoms with E-state index in [4.69, 9.17) is 0 Å². The van der Waals surface area contributed by atoms with Gasteiger partial charge in [-0.25, -0.2) is 9.97 Å².